The van der Waals surface area contributed by atoms with Crippen molar-refractivity contribution >= 4 is 27.9 Å². The first kappa shape index (κ1) is 8.99. The average molecular weight is 249 g/mol. The van der Waals surface area contributed by atoms with Gasteiger partial charge in [-0.2, -0.15) is 0 Å². The van der Waals surface area contributed by atoms with Crippen LogP contribution in [0.4, 0.5) is 0 Å². The Morgan fingerprint density at radius 2 is 2.23 bits per heavy atom. The number of hydrogen-bond donors (Lipinski definition) is 1. The Hall–Kier alpha value is -0.580. The van der Waals surface area contributed by atoms with E-state index in [1.807, 2.05) is 0 Å². The summed E-state index contributed by atoms with van der Waals surface area (Å²) in [5.41, 5.74) is 0. The number of carbonyl (C=O) groups excluding carboxylic acids is 1. The van der Waals surface area contributed by atoms with Crippen molar-refractivity contribution in [1.82, 2.24) is 0 Å². The van der Waals surface area contributed by atoms with Crippen LogP contribution >= 0.6 is 15.9 Å². The molecule has 1 aliphatic heterocycles. The van der Waals surface area contributed by atoms with E-state index in [1.54, 1.807) is 0 Å². The topological polar surface area (TPSA) is 63.6 Å². The van der Waals surface area contributed by atoms with Crippen molar-refractivity contribution in [3.63, 3.8) is 0 Å². The number of alkyl halides is 1. The molecule has 13 heavy (non-hydrogen) atoms. The summed E-state index contributed by atoms with van der Waals surface area (Å²) >= 11 is 3.34. The van der Waals surface area contributed by atoms with Crippen LogP contribution in [-0.2, 0) is 14.3 Å². The lowest BCUT2D eigenvalue weighted by Gasteiger charge is -2.25. The van der Waals surface area contributed by atoms with Crippen LogP contribution in [0.15, 0.2) is 0 Å². The quantitative estimate of drug-likeness (QED) is 0.551. The van der Waals surface area contributed by atoms with Gasteiger partial charge in [-0.3, -0.25) is 9.59 Å². The zero-order chi connectivity index (χ0) is 9.59. The molecule has 0 spiro atoms. The summed E-state index contributed by atoms with van der Waals surface area (Å²) in [7, 11) is 0. The van der Waals surface area contributed by atoms with Gasteiger partial charge in [-0.15, -0.1) is 0 Å². The van der Waals surface area contributed by atoms with Crippen molar-refractivity contribution in [2.75, 3.05) is 0 Å². The second-order valence-corrected chi connectivity index (χ2v) is 4.69. The van der Waals surface area contributed by atoms with Gasteiger partial charge in [-0.05, 0) is 12.8 Å². The fraction of sp³-hybridized carbons (Fsp3) is 0.750. The predicted molar refractivity (Wildman–Crippen MR) is 46.4 cm³/mol. The van der Waals surface area contributed by atoms with Crippen molar-refractivity contribution in [1.29, 1.82) is 0 Å². The summed E-state index contributed by atoms with van der Waals surface area (Å²) in [5, 5.41) is 8.87. The fourth-order valence-electron chi connectivity index (χ4n) is 2.01. The number of carboxylic acids is 1. The molecule has 0 unspecified atom stereocenters. The highest BCUT2D eigenvalue weighted by atomic mass is 79.9. The van der Waals surface area contributed by atoms with Crippen LogP contribution in [0.5, 0.6) is 0 Å². The molecule has 1 saturated heterocycles. The highest BCUT2D eigenvalue weighted by Gasteiger charge is 2.50. The number of aliphatic carboxylic acids is 1. The number of halogens is 1. The van der Waals surface area contributed by atoms with Gasteiger partial charge in [0.25, 0.3) is 0 Å². The molecule has 2 rings (SSSR count). The van der Waals surface area contributed by atoms with E-state index in [-0.39, 0.29) is 16.9 Å². The van der Waals surface area contributed by atoms with Gasteiger partial charge < -0.3 is 9.84 Å². The molecule has 0 amide bonds. The molecule has 72 valence electrons. The molecule has 2 fully saturated rings. The SMILES string of the molecule is O=C(O)[C@@H]1C[C@H](Br)[C@H]2C[C@H]1C(=O)O2. The zero-order valence-electron chi connectivity index (χ0n) is 6.77. The number of rotatable bonds is 1. The van der Waals surface area contributed by atoms with E-state index in [4.69, 9.17) is 9.84 Å². The molecule has 1 heterocycles. The minimum absolute atomic E-state index is 0.00343. The lowest BCUT2D eigenvalue weighted by Crippen LogP contribution is -2.34. The van der Waals surface area contributed by atoms with Gasteiger partial charge in [-0.25, -0.2) is 0 Å². The Morgan fingerprint density at radius 1 is 1.54 bits per heavy atom. The van der Waals surface area contributed by atoms with Crippen molar-refractivity contribution in [2.45, 2.75) is 23.8 Å². The first-order chi connectivity index (χ1) is 6.09. The van der Waals surface area contributed by atoms with Crippen molar-refractivity contribution in [3.8, 4) is 0 Å². The molecule has 2 aliphatic rings. The molecule has 0 radical (unpaired) electrons. The van der Waals surface area contributed by atoms with Crippen LogP contribution in [-0.4, -0.2) is 28.0 Å². The van der Waals surface area contributed by atoms with Gasteiger partial charge in [0, 0.05) is 0 Å². The minimum atomic E-state index is -0.897. The molecule has 0 aromatic heterocycles. The van der Waals surface area contributed by atoms with E-state index in [1.165, 1.54) is 0 Å². The second-order valence-electron chi connectivity index (χ2n) is 3.51. The number of carboxylic acid groups (broad SMARTS) is 1. The van der Waals surface area contributed by atoms with Gasteiger partial charge in [0.1, 0.15) is 6.10 Å². The second kappa shape index (κ2) is 2.97. The van der Waals surface area contributed by atoms with E-state index in [2.05, 4.69) is 15.9 Å². The molecule has 0 aromatic rings. The molecule has 1 N–H and O–H groups in total. The molecule has 5 heteroatoms. The Kier molecular flexibility index (Phi) is 2.06. The van der Waals surface area contributed by atoms with Crippen LogP contribution in [0.3, 0.4) is 0 Å². The summed E-state index contributed by atoms with van der Waals surface area (Å²) < 4.78 is 5.03. The summed E-state index contributed by atoms with van der Waals surface area (Å²) in [4.78, 5) is 22.0. The monoisotopic (exact) mass is 248 g/mol. The molecule has 0 aromatic carbocycles. The van der Waals surface area contributed by atoms with Gasteiger partial charge in [0.15, 0.2) is 0 Å². The Morgan fingerprint density at radius 3 is 2.85 bits per heavy atom. The summed E-state index contributed by atoms with van der Waals surface area (Å²) in [6.45, 7) is 0. The highest BCUT2D eigenvalue weighted by molar-refractivity contribution is 9.09. The lowest BCUT2D eigenvalue weighted by molar-refractivity contribution is -0.150. The van der Waals surface area contributed by atoms with Crippen molar-refractivity contribution in [3.05, 3.63) is 0 Å². The standard InChI is InChI=1S/C8H9BrO4/c9-5-1-3(7(10)11)4-2-6(5)13-8(4)12/h3-6H,1-2H2,(H,10,11)/t3-,4-,5+,6-/m1/s1. The number of hydrogen-bond acceptors (Lipinski definition) is 3. The van der Waals surface area contributed by atoms with E-state index in [0.717, 1.165) is 0 Å². The number of esters is 1. The van der Waals surface area contributed by atoms with Crippen molar-refractivity contribution in [2.24, 2.45) is 11.8 Å². The maximum absolute atomic E-state index is 11.2. The van der Waals surface area contributed by atoms with Crippen molar-refractivity contribution < 1.29 is 19.4 Å². The van der Waals surface area contributed by atoms with Gasteiger partial charge in [0.2, 0.25) is 0 Å². The first-order valence-electron chi connectivity index (χ1n) is 4.17. The van der Waals surface area contributed by atoms with Crippen LogP contribution in [0.25, 0.3) is 0 Å². The Labute approximate surface area is 83.4 Å². The third-order valence-electron chi connectivity index (χ3n) is 2.74. The largest absolute Gasteiger partial charge is 0.481 e. The van der Waals surface area contributed by atoms with Crippen LogP contribution in [0.2, 0.25) is 0 Å². The summed E-state index contributed by atoms with van der Waals surface area (Å²) in [6.07, 6.45) is 0.912. The predicted octanol–water partition coefficient (Wildman–Crippen LogP) is 0.786. The molecular weight excluding hydrogens is 240 g/mol. The molecule has 4 nitrogen and oxygen atoms in total. The number of carbonyl (C=O) groups is 2. The Bertz CT molecular complexity index is 265. The minimum Gasteiger partial charge on any atom is -0.481 e. The zero-order valence-corrected chi connectivity index (χ0v) is 8.36. The van der Waals surface area contributed by atoms with E-state index < -0.39 is 17.8 Å². The fourth-order valence-corrected chi connectivity index (χ4v) is 2.74. The first-order valence-corrected chi connectivity index (χ1v) is 5.08. The molecular formula is C8H9BrO4. The smallest absolute Gasteiger partial charge is 0.310 e. The van der Waals surface area contributed by atoms with Gasteiger partial charge in [-0.1, -0.05) is 15.9 Å². The third-order valence-corrected chi connectivity index (χ3v) is 3.71. The maximum Gasteiger partial charge on any atom is 0.310 e. The van der Waals surface area contributed by atoms with E-state index in [9.17, 15) is 9.59 Å². The molecule has 2 bridgehead atoms. The lowest BCUT2D eigenvalue weighted by atomic mass is 9.80. The number of fused-ring (bicyclic) bond motifs is 2. The van der Waals surface area contributed by atoms with Crippen LogP contribution in [0, 0.1) is 11.8 Å². The summed E-state index contributed by atoms with van der Waals surface area (Å²) in [6, 6.07) is 0. The highest BCUT2D eigenvalue weighted by Crippen LogP contribution is 2.41. The van der Waals surface area contributed by atoms with Crippen LogP contribution < -0.4 is 0 Å². The maximum atomic E-state index is 11.2. The molecule has 1 saturated carbocycles. The van der Waals surface area contributed by atoms with Gasteiger partial charge >= 0.3 is 11.9 Å². The Balaban J connectivity index is 2.22. The normalized spacial score (nSPS) is 43.0. The van der Waals surface area contributed by atoms with Gasteiger partial charge in [0.05, 0.1) is 16.7 Å². The third kappa shape index (κ3) is 1.35. The molecule has 4 atom stereocenters. The van der Waals surface area contributed by atoms with E-state index >= 15 is 0 Å². The summed E-state index contributed by atoms with van der Waals surface area (Å²) in [5.74, 6) is -2.24. The average Bonchev–Trinajstić information content (AvgIpc) is 2.37. The molecule has 1 aliphatic carbocycles. The number of ether oxygens (including phenoxy) is 1. The van der Waals surface area contributed by atoms with Crippen LogP contribution in [0.1, 0.15) is 12.8 Å². The van der Waals surface area contributed by atoms with E-state index in [0.29, 0.717) is 12.8 Å².